The molecule has 1 aromatic rings. The molecule has 0 atom stereocenters. The van der Waals surface area contributed by atoms with Gasteiger partial charge in [0.1, 0.15) is 5.75 Å². The van der Waals surface area contributed by atoms with E-state index in [1.165, 1.54) is 11.6 Å². The molecule has 0 radical (unpaired) electrons. The second-order valence-corrected chi connectivity index (χ2v) is 6.78. The molecule has 1 rings (SSSR count). The van der Waals surface area contributed by atoms with Gasteiger partial charge in [0.25, 0.3) is 0 Å². The van der Waals surface area contributed by atoms with E-state index in [-0.39, 0.29) is 10.8 Å². The quantitative estimate of drug-likeness (QED) is 0.411. The van der Waals surface area contributed by atoms with Gasteiger partial charge in [0.15, 0.2) is 0 Å². The van der Waals surface area contributed by atoms with Crippen LogP contribution in [0, 0.1) is 0 Å². The van der Waals surface area contributed by atoms with Gasteiger partial charge in [-0.1, -0.05) is 60.3 Å². The number of ether oxygens (including phenoxy) is 1. The van der Waals surface area contributed by atoms with Crippen molar-refractivity contribution >= 4 is 5.97 Å². The summed E-state index contributed by atoms with van der Waals surface area (Å²) >= 11 is 0. The molecule has 0 heterocycles. The highest BCUT2D eigenvalue weighted by atomic mass is 16.5. The topological polar surface area (TPSA) is 26.3 Å². The van der Waals surface area contributed by atoms with E-state index < -0.39 is 5.97 Å². The second-order valence-electron chi connectivity index (χ2n) is 6.78. The Balaban J connectivity index is 3.56. The van der Waals surface area contributed by atoms with E-state index in [9.17, 15) is 4.79 Å². The summed E-state index contributed by atoms with van der Waals surface area (Å²) in [5.74, 6) is 0.250. The van der Waals surface area contributed by atoms with E-state index in [1.54, 1.807) is 0 Å². The van der Waals surface area contributed by atoms with E-state index in [0.29, 0.717) is 5.75 Å². The summed E-state index contributed by atoms with van der Waals surface area (Å²) in [4.78, 5) is 11.6. The highest BCUT2D eigenvalue weighted by Gasteiger charge is 2.32. The Morgan fingerprint density at radius 1 is 1.14 bits per heavy atom. The highest BCUT2D eigenvalue weighted by Crippen LogP contribution is 2.42. The van der Waals surface area contributed by atoms with Crippen LogP contribution in [0.2, 0.25) is 0 Å². The first-order valence-electron chi connectivity index (χ1n) is 7.67. The Bertz CT molecular complexity index is 524. The molecule has 0 unspecified atom stereocenters. The molecule has 0 amide bonds. The number of carbonyl (C=O) groups excluding carboxylic acids is 1. The molecule has 0 aliphatic heterocycles. The number of hydrogen-bond donors (Lipinski definition) is 0. The zero-order valence-electron chi connectivity index (χ0n) is 14.2. The second kappa shape index (κ2) is 6.46. The molecule has 0 aromatic heterocycles. The molecular weight excluding hydrogens is 260 g/mol. The van der Waals surface area contributed by atoms with Crippen molar-refractivity contribution in [3.05, 3.63) is 42.0 Å². The smallest absolute Gasteiger partial charge is 0.335 e. The fourth-order valence-electron chi connectivity index (χ4n) is 2.40. The molecule has 0 aliphatic rings. The van der Waals surface area contributed by atoms with Crippen molar-refractivity contribution in [3.63, 3.8) is 0 Å². The summed E-state index contributed by atoms with van der Waals surface area (Å²) in [5.41, 5.74) is 2.37. The lowest BCUT2D eigenvalue weighted by molar-refractivity contribution is -0.129. The summed E-state index contributed by atoms with van der Waals surface area (Å²) in [7, 11) is 0. The van der Waals surface area contributed by atoms with Gasteiger partial charge in [-0.15, -0.1) is 0 Å². The minimum absolute atomic E-state index is 0.0400. The Morgan fingerprint density at radius 2 is 1.71 bits per heavy atom. The summed E-state index contributed by atoms with van der Waals surface area (Å²) in [6.07, 6.45) is 3.21. The minimum atomic E-state index is -0.408. The lowest BCUT2D eigenvalue weighted by Gasteiger charge is -2.34. The Hall–Kier alpha value is -1.57. The molecule has 1 aromatic carbocycles. The average molecular weight is 288 g/mol. The summed E-state index contributed by atoms with van der Waals surface area (Å²) in [5, 5.41) is 0. The Kier molecular flexibility index (Phi) is 5.38. The van der Waals surface area contributed by atoms with E-state index in [1.807, 2.05) is 12.1 Å². The number of hydrogen-bond acceptors (Lipinski definition) is 2. The highest BCUT2D eigenvalue weighted by molar-refractivity contribution is 5.83. The van der Waals surface area contributed by atoms with Gasteiger partial charge in [-0.2, -0.15) is 0 Å². The van der Waals surface area contributed by atoms with Crippen molar-refractivity contribution in [2.45, 2.75) is 65.2 Å². The van der Waals surface area contributed by atoms with E-state index in [2.05, 4.69) is 54.2 Å². The standard InChI is InChI=1S/C19H28O2/c1-8-16(20)21-15-13-11-12-14(18(4,5)9-2)17(15)19(6,7)10-3/h8,11-13H,1,9-10H2,2-7H3. The molecule has 0 saturated heterocycles. The third kappa shape index (κ3) is 3.75. The summed E-state index contributed by atoms with van der Waals surface area (Å²) < 4.78 is 5.51. The monoisotopic (exact) mass is 288 g/mol. The fraction of sp³-hybridized carbons (Fsp3) is 0.526. The summed E-state index contributed by atoms with van der Waals surface area (Å²) in [6, 6.07) is 6.00. The van der Waals surface area contributed by atoms with Gasteiger partial charge in [0.2, 0.25) is 0 Å². The van der Waals surface area contributed by atoms with Crippen molar-refractivity contribution in [1.82, 2.24) is 0 Å². The first kappa shape index (κ1) is 17.5. The molecule has 0 N–H and O–H groups in total. The number of benzene rings is 1. The van der Waals surface area contributed by atoms with Crippen molar-refractivity contribution in [2.24, 2.45) is 0 Å². The van der Waals surface area contributed by atoms with Gasteiger partial charge >= 0.3 is 5.97 Å². The van der Waals surface area contributed by atoms with Crippen LogP contribution in [-0.4, -0.2) is 5.97 Å². The molecule has 2 nitrogen and oxygen atoms in total. The van der Waals surface area contributed by atoms with Gasteiger partial charge in [0.05, 0.1) is 0 Å². The Morgan fingerprint density at radius 3 is 2.19 bits per heavy atom. The SMILES string of the molecule is C=CC(=O)Oc1cccc(C(C)(C)CC)c1C(C)(C)CC. The first-order chi connectivity index (χ1) is 9.69. The molecule has 116 valence electrons. The maximum atomic E-state index is 11.6. The van der Waals surface area contributed by atoms with Crippen LogP contribution in [0.1, 0.15) is 65.5 Å². The molecule has 0 fully saturated rings. The van der Waals surface area contributed by atoms with Crippen molar-refractivity contribution < 1.29 is 9.53 Å². The third-order valence-corrected chi connectivity index (χ3v) is 4.58. The van der Waals surface area contributed by atoms with Gasteiger partial charge in [-0.25, -0.2) is 4.79 Å². The third-order valence-electron chi connectivity index (χ3n) is 4.58. The largest absolute Gasteiger partial charge is 0.423 e. The van der Waals surface area contributed by atoms with Gasteiger partial charge < -0.3 is 4.74 Å². The molecule has 2 heteroatoms. The van der Waals surface area contributed by atoms with Crippen LogP contribution in [0.25, 0.3) is 0 Å². The predicted molar refractivity (Wildman–Crippen MR) is 88.9 cm³/mol. The van der Waals surface area contributed by atoms with Crippen LogP contribution in [0.3, 0.4) is 0 Å². The van der Waals surface area contributed by atoms with Crippen LogP contribution in [0.5, 0.6) is 5.75 Å². The lowest BCUT2D eigenvalue weighted by atomic mass is 9.71. The normalized spacial score (nSPS) is 12.1. The average Bonchev–Trinajstić information content (AvgIpc) is 2.46. The van der Waals surface area contributed by atoms with Crippen molar-refractivity contribution in [2.75, 3.05) is 0 Å². The maximum Gasteiger partial charge on any atom is 0.335 e. The van der Waals surface area contributed by atoms with E-state index >= 15 is 0 Å². The number of carbonyl (C=O) groups is 1. The van der Waals surface area contributed by atoms with Crippen molar-refractivity contribution in [1.29, 1.82) is 0 Å². The molecule has 0 saturated carbocycles. The van der Waals surface area contributed by atoms with Crippen molar-refractivity contribution in [3.8, 4) is 5.75 Å². The van der Waals surface area contributed by atoms with Gasteiger partial charge in [-0.3, -0.25) is 0 Å². The van der Waals surface area contributed by atoms with Crippen LogP contribution >= 0.6 is 0 Å². The van der Waals surface area contributed by atoms with Crippen LogP contribution in [-0.2, 0) is 15.6 Å². The van der Waals surface area contributed by atoms with Crippen LogP contribution < -0.4 is 4.74 Å². The zero-order chi connectivity index (χ0) is 16.3. The fourth-order valence-corrected chi connectivity index (χ4v) is 2.40. The van der Waals surface area contributed by atoms with Crippen LogP contribution in [0.15, 0.2) is 30.9 Å². The zero-order valence-corrected chi connectivity index (χ0v) is 14.2. The molecular formula is C19H28O2. The molecule has 0 aliphatic carbocycles. The van der Waals surface area contributed by atoms with Crippen LogP contribution in [0.4, 0.5) is 0 Å². The van der Waals surface area contributed by atoms with E-state index in [0.717, 1.165) is 18.4 Å². The number of esters is 1. The molecule has 0 spiro atoms. The lowest BCUT2D eigenvalue weighted by Crippen LogP contribution is -2.26. The maximum absolute atomic E-state index is 11.6. The predicted octanol–water partition coefficient (Wildman–Crippen LogP) is 5.15. The summed E-state index contributed by atoms with van der Waals surface area (Å²) in [6.45, 7) is 16.7. The van der Waals surface area contributed by atoms with Gasteiger partial charge in [-0.05, 0) is 35.3 Å². The molecule has 0 bridgehead atoms. The van der Waals surface area contributed by atoms with Gasteiger partial charge in [0, 0.05) is 11.6 Å². The number of rotatable bonds is 6. The minimum Gasteiger partial charge on any atom is -0.423 e. The molecule has 21 heavy (non-hydrogen) atoms. The van der Waals surface area contributed by atoms with E-state index in [4.69, 9.17) is 4.74 Å². The Labute approximate surface area is 129 Å². The first-order valence-corrected chi connectivity index (χ1v) is 7.67.